The lowest BCUT2D eigenvalue weighted by molar-refractivity contribution is -0.132. The number of amides is 2. The van der Waals surface area contributed by atoms with Crippen LogP contribution in [0.3, 0.4) is 0 Å². The maximum absolute atomic E-state index is 13.3. The molecule has 1 saturated heterocycles. The Balaban J connectivity index is 1.92. The number of nitrogens with one attached hydrogen (secondary N) is 1. The summed E-state index contributed by atoms with van der Waals surface area (Å²) in [5.74, 6) is -1.94. The second-order valence-electron chi connectivity index (χ2n) is 7.76. The van der Waals surface area contributed by atoms with Crippen molar-refractivity contribution >= 4 is 46.3 Å². The van der Waals surface area contributed by atoms with Crippen molar-refractivity contribution in [2.24, 2.45) is 0 Å². The molecule has 9 heteroatoms. The van der Waals surface area contributed by atoms with Gasteiger partial charge in [0.25, 0.3) is 11.7 Å². The van der Waals surface area contributed by atoms with Gasteiger partial charge in [0, 0.05) is 36.3 Å². The molecule has 1 aromatic heterocycles. The first-order valence-electron chi connectivity index (χ1n) is 10.8. The zero-order valence-corrected chi connectivity index (χ0v) is 19.7. The number of aliphatic hydroxyl groups is 1. The molecule has 0 saturated carbocycles. The van der Waals surface area contributed by atoms with E-state index >= 15 is 0 Å². The molecule has 8 nitrogen and oxygen atoms in total. The maximum Gasteiger partial charge on any atom is 0.300 e. The van der Waals surface area contributed by atoms with Gasteiger partial charge in [-0.3, -0.25) is 24.3 Å². The lowest BCUT2D eigenvalue weighted by atomic mass is 9.95. The van der Waals surface area contributed by atoms with Crippen LogP contribution < -0.4 is 15.0 Å². The number of hydrogen-bond donors (Lipinski definition) is 2. The van der Waals surface area contributed by atoms with Gasteiger partial charge >= 0.3 is 0 Å². The minimum Gasteiger partial charge on any atom is -0.507 e. The van der Waals surface area contributed by atoms with E-state index in [1.54, 1.807) is 48.5 Å². The number of Topliss-reactive ketones (excluding diaryl/α,β-unsaturated/α-hetero) is 1. The minimum atomic E-state index is -0.961. The van der Waals surface area contributed by atoms with E-state index in [9.17, 15) is 19.5 Å². The molecule has 3 aromatic rings. The average Bonchev–Trinajstić information content (AvgIpc) is 3.11. The van der Waals surface area contributed by atoms with Crippen LogP contribution in [0.25, 0.3) is 5.76 Å². The Bertz CT molecular complexity index is 1340. The number of aromatic nitrogens is 1. The normalized spacial score (nSPS) is 16.9. The third-order valence-corrected chi connectivity index (χ3v) is 5.74. The smallest absolute Gasteiger partial charge is 0.300 e. The van der Waals surface area contributed by atoms with Crippen molar-refractivity contribution in [1.82, 2.24) is 4.98 Å². The highest BCUT2D eigenvalue weighted by Crippen LogP contribution is 2.43. The Labute approximate surface area is 206 Å². The molecule has 4 rings (SSSR count). The van der Waals surface area contributed by atoms with Crippen molar-refractivity contribution in [3.8, 4) is 5.75 Å². The summed E-state index contributed by atoms with van der Waals surface area (Å²) < 4.78 is 5.51. The predicted octanol–water partition coefficient (Wildman–Crippen LogP) is 4.72. The Kier molecular flexibility index (Phi) is 6.84. The maximum atomic E-state index is 13.3. The van der Waals surface area contributed by atoms with Gasteiger partial charge in [-0.1, -0.05) is 17.7 Å². The van der Waals surface area contributed by atoms with Crippen LogP contribution in [0, 0.1) is 0 Å². The Morgan fingerprint density at radius 3 is 2.57 bits per heavy atom. The SMILES string of the molecule is CCOc1ccc(Cl)c(/C(O)=C2\C(=O)C(=O)N(c3cccc(NC(C)=O)c3)C2c2ccncc2)c1. The summed E-state index contributed by atoms with van der Waals surface area (Å²) in [6.07, 6.45) is 3.07. The van der Waals surface area contributed by atoms with E-state index in [-0.39, 0.29) is 22.1 Å². The molecule has 2 amide bonds. The van der Waals surface area contributed by atoms with Crippen LogP contribution in [-0.4, -0.2) is 34.3 Å². The second kappa shape index (κ2) is 9.99. The fourth-order valence-corrected chi connectivity index (χ4v) is 4.19. The quantitative estimate of drug-likeness (QED) is 0.293. The van der Waals surface area contributed by atoms with Gasteiger partial charge in [0.15, 0.2) is 0 Å². The van der Waals surface area contributed by atoms with E-state index in [1.165, 1.54) is 30.3 Å². The first-order chi connectivity index (χ1) is 16.8. The average molecular weight is 492 g/mol. The minimum absolute atomic E-state index is 0.123. The Morgan fingerprint density at radius 1 is 1.14 bits per heavy atom. The molecule has 0 radical (unpaired) electrons. The number of anilines is 2. The van der Waals surface area contributed by atoms with E-state index in [0.29, 0.717) is 29.3 Å². The standard InChI is InChI=1S/C26H22ClN3O5/c1-3-35-19-7-8-21(27)20(14-19)24(32)22-23(16-9-11-28-12-10-16)30(26(34)25(22)33)18-6-4-5-17(13-18)29-15(2)31/h4-14,23,32H,3H2,1-2H3,(H,29,31)/b24-22+. The van der Waals surface area contributed by atoms with Gasteiger partial charge < -0.3 is 15.2 Å². The highest BCUT2D eigenvalue weighted by atomic mass is 35.5. The number of halogens is 1. The number of ether oxygens (including phenoxy) is 1. The first-order valence-corrected chi connectivity index (χ1v) is 11.2. The van der Waals surface area contributed by atoms with Crippen molar-refractivity contribution in [1.29, 1.82) is 0 Å². The summed E-state index contributed by atoms with van der Waals surface area (Å²) in [5.41, 5.74) is 1.43. The summed E-state index contributed by atoms with van der Waals surface area (Å²) >= 11 is 6.36. The number of rotatable bonds is 6. The van der Waals surface area contributed by atoms with Gasteiger partial charge in [0.05, 0.1) is 23.2 Å². The van der Waals surface area contributed by atoms with Crippen LogP contribution in [0.2, 0.25) is 5.02 Å². The van der Waals surface area contributed by atoms with Gasteiger partial charge in [-0.15, -0.1) is 0 Å². The molecule has 2 heterocycles. The Morgan fingerprint density at radius 2 is 1.89 bits per heavy atom. The molecule has 1 unspecified atom stereocenters. The zero-order valence-electron chi connectivity index (χ0n) is 19.0. The van der Waals surface area contributed by atoms with Crippen molar-refractivity contribution in [3.05, 3.63) is 88.7 Å². The van der Waals surface area contributed by atoms with Crippen LogP contribution in [0.5, 0.6) is 5.75 Å². The van der Waals surface area contributed by atoms with Crippen LogP contribution in [-0.2, 0) is 14.4 Å². The van der Waals surface area contributed by atoms with E-state index in [1.807, 2.05) is 6.92 Å². The lowest BCUT2D eigenvalue weighted by Gasteiger charge is -2.25. The fraction of sp³-hybridized carbons (Fsp3) is 0.154. The second-order valence-corrected chi connectivity index (χ2v) is 8.16. The molecule has 1 aliphatic rings. The molecule has 0 bridgehead atoms. The summed E-state index contributed by atoms with van der Waals surface area (Å²) in [6, 6.07) is 13.6. The number of carbonyl (C=O) groups is 3. The number of hydrogen-bond acceptors (Lipinski definition) is 6. The summed E-state index contributed by atoms with van der Waals surface area (Å²) in [5, 5.41) is 14.2. The van der Waals surface area contributed by atoms with E-state index in [2.05, 4.69) is 10.3 Å². The number of aliphatic hydroxyl groups excluding tert-OH is 1. The number of benzene rings is 2. The molecule has 1 fully saturated rings. The molecule has 178 valence electrons. The molecule has 1 aliphatic heterocycles. The molecule has 0 aliphatic carbocycles. The zero-order chi connectivity index (χ0) is 25.1. The van der Waals surface area contributed by atoms with Crippen molar-refractivity contribution in [2.75, 3.05) is 16.8 Å². The third kappa shape index (κ3) is 4.74. The summed E-state index contributed by atoms with van der Waals surface area (Å²) in [7, 11) is 0. The van der Waals surface area contributed by atoms with Gasteiger partial charge in [-0.05, 0) is 61.0 Å². The number of pyridine rings is 1. The molecular formula is C26H22ClN3O5. The molecule has 35 heavy (non-hydrogen) atoms. The third-order valence-electron chi connectivity index (χ3n) is 5.41. The largest absolute Gasteiger partial charge is 0.507 e. The molecule has 2 N–H and O–H groups in total. The fourth-order valence-electron chi connectivity index (χ4n) is 3.98. The van der Waals surface area contributed by atoms with Crippen molar-refractivity contribution < 1.29 is 24.2 Å². The van der Waals surface area contributed by atoms with Crippen molar-refractivity contribution in [3.63, 3.8) is 0 Å². The molecular weight excluding hydrogens is 470 g/mol. The van der Waals surface area contributed by atoms with E-state index in [4.69, 9.17) is 16.3 Å². The van der Waals surface area contributed by atoms with Crippen molar-refractivity contribution in [2.45, 2.75) is 19.9 Å². The van der Waals surface area contributed by atoms with Crippen LogP contribution in [0.4, 0.5) is 11.4 Å². The predicted molar refractivity (Wildman–Crippen MR) is 132 cm³/mol. The monoisotopic (exact) mass is 491 g/mol. The Hall–Kier alpha value is -4.17. The van der Waals surface area contributed by atoms with E-state index in [0.717, 1.165) is 0 Å². The first kappa shape index (κ1) is 24.0. The molecule has 2 aromatic carbocycles. The van der Waals surface area contributed by atoms with Gasteiger partial charge in [-0.2, -0.15) is 0 Å². The van der Waals surface area contributed by atoms with Gasteiger partial charge in [-0.25, -0.2) is 0 Å². The highest BCUT2D eigenvalue weighted by Gasteiger charge is 2.47. The van der Waals surface area contributed by atoms with Gasteiger partial charge in [0.2, 0.25) is 5.91 Å². The highest BCUT2D eigenvalue weighted by molar-refractivity contribution is 6.52. The van der Waals surface area contributed by atoms with Crippen LogP contribution in [0.15, 0.2) is 72.6 Å². The number of nitrogens with zero attached hydrogens (tertiary/aromatic N) is 2. The number of ketones is 1. The van der Waals surface area contributed by atoms with E-state index < -0.39 is 23.5 Å². The lowest BCUT2D eigenvalue weighted by Crippen LogP contribution is -2.29. The molecule has 1 atom stereocenters. The number of carbonyl (C=O) groups excluding carboxylic acids is 3. The summed E-state index contributed by atoms with van der Waals surface area (Å²) in [6.45, 7) is 3.59. The van der Waals surface area contributed by atoms with Crippen LogP contribution >= 0.6 is 11.6 Å². The van der Waals surface area contributed by atoms with Gasteiger partial charge in [0.1, 0.15) is 11.5 Å². The molecule has 0 spiro atoms. The topological polar surface area (TPSA) is 109 Å². The van der Waals surface area contributed by atoms with Crippen LogP contribution in [0.1, 0.15) is 31.0 Å². The summed E-state index contributed by atoms with van der Waals surface area (Å²) in [4.78, 5) is 43.4.